The summed E-state index contributed by atoms with van der Waals surface area (Å²) in [6.07, 6.45) is 0. The number of thiophene rings is 1. The van der Waals surface area contributed by atoms with Crippen molar-refractivity contribution in [3.63, 3.8) is 0 Å². The van der Waals surface area contributed by atoms with E-state index < -0.39 is 5.97 Å². The normalized spacial score (nSPS) is 10.7. The fraction of sp³-hybridized carbons (Fsp3) is 0.105. The molecule has 27 heavy (non-hydrogen) atoms. The summed E-state index contributed by atoms with van der Waals surface area (Å²) in [5.41, 5.74) is 0.461. The van der Waals surface area contributed by atoms with Crippen molar-refractivity contribution in [2.75, 3.05) is 7.11 Å². The number of hydrogen-bond donors (Lipinski definition) is 0. The van der Waals surface area contributed by atoms with E-state index in [9.17, 15) is 4.79 Å². The van der Waals surface area contributed by atoms with Gasteiger partial charge in [-0.3, -0.25) is 0 Å². The standard InChI is InChI=1S/C19H14N2O5S/c1-23-19(22)12-4-6-13(7-5-12)24-11-14-8-9-15(25-14)18-20-17(21-26-18)16-3-2-10-27-16/h2-10H,11H2,1H3. The van der Waals surface area contributed by atoms with E-state index in [1.54, 1.807) is 36.4 Å². The average molecular weight is 382 g/mol. The lowest BCUT2D eigenvalue weighted by Gasteiger charge is -2.05. The van der Waals surface area contributed by atoms with Crippen molar-refractivity contribution in [1.82, 2.24) is 10.1 Å². The summed E-state index contributed by atoms with van der Waals surface area (Å²) < 4.78 is 21.3. The Hall–Kier alpha value is -3.39. The second-order valence-electron chi connectivity index (χ2n) is 5.47. The summed E-state index contributed by atoms with van der Waals surface area (Å²) in [5, 5.41) is 5.91. The van der Waals surface area contributed by atoms with Crippen LogP contribution in [0.2, 0.25) is 0 Å². The average Bonchev–Trinajstić information content (AvgIpc) is 3.46. The van der Waals surface area contributed by atoms with E-state index in [-0.39, 0.29) is 6.61 Å². The Bertz CT molecular complexity index is 1030. The molecule has 0 aliphatic rings. The van der Waals surface area contributed by atoms with Gasteiger partial charge in [0.2, 0.25) is 5.82 Å². The number of aromatic nitrogens is 2. The largest absolute Gasteiger partial charge is 0.486 e. The molecule has 0 aliphatic carbocycles. The first-order valence-electron chi connectivity index (χ1n) is 8.01. The number of esters is 1. The second kappa shape index (κ2) is 7.46. The molecule has 3 aromatic heterocycles. The number of carbonyl (C=O) groups excluding carboxylic acids is 1. The summed E-state index contributed by atoms with van der Waals surface area (Å²) >= 11 is 1.54. The maximum absolute atomic E-state index is 11.4. The van der Waals surface area contributed by atoms with Crippen LogP contribution >= 0.6 is 11.3 Å². The first-order chi connectivity index (χ1) is 13.2. The summed E-state index contributed by atoms with van der Waals surface area (Å²) in [7, 11) is 1.34. The topological polar surface area (TPSA) is 87.6 Å². The molecule has 7 nitrogen and oxygen atoms in total. The minimum absolute atomic E-state index is 0.226. The molecule has 136 valence electrons. The van der Waals surface area contributed by atoms with Gasteiger partial charge in [-0.2, -0.15) is 4.98 Å². The monoisotopic (exact) mass is 382 g/mol. The van der Waals surface area contributed by atoms with Crippen LogP contribution < -0.4 is 4.74 Å². The molecule has 1 aromatic carbocycles. The lowest BCUT2D eigenvalue weighted by molar-refractivity contribution is 0.0600. The van der Waals surface area contributed by atoms with Crippen LogP contribution in [0.15, 0.2) is 62.9 Å². The summed E-state index contributed by atoms with van der Waals surface area (Å²) in [6.45, 7) is 0.226. The van der Waals surface area contributed by atoms with Gasteiger partial charge in [-0.25, -0.2) is 4.79 Å². The van der Waals surface area contributed by atoms with Gasteiger partial charge >= 0.3 is 5.97 Å². The van der Waals surface area contributed by atoms with Crippen molar-refractivity contribution in [3.05, 3.63) is 65.2 Å². The zero-order chi connectivity index (χ0) is 18.6. The summed E-state index contributed by atoms with van der Waals surface area (Å²) in [5.74, 6) is 2.15. The highest BCUT2D eigenvalue weighted by Crippen LogP contribution is 2.26. The van der Waals surface area contributed by atoms with Crippen molar-refractivity contribution in [3.8, 4) is 28.1 Å². The van der Waals surface area contributed by atoms with Gasteiger partial charge in [-0.05, 0) is 47.8 Å². The maximum atomic E-state index is 11.4. The molecule has 0 unspecified atom stereocenters. The molecular weight excluding hydrogens is 368 g/mol. The van der Waals surface area contributed by atoms with Gasteiger partial charge < -0.3 is 18.4 Å². The number of methoxy groups -OCH3 is 1. The lowest BCUT2D eigenvalue weighted by Crippen LogP contribution is -2.01. The maximum Gasteiger partial charge on any atom is 0.337 e. The molecule has 0 atom stereocenters. The number of rotatable bonds is 6. The van der Waals surface area contributed by atoms with Crippen LogP contribution in [0.4, 0.5) is 0 Å². The van der Waals surface area contributed by atoms with E-state index in [1.807, 2.05) is 17.5 Å². The van der Waals surface area contributed by atoms with Crippen LogP contribution in [0, 0.1) is 0 Å². The Kier molecular flexibility index (Phi) is 4.71. The molecule has 0 saturated carbocycles. The van der Waals surface area contributed by atoms with Crippen molar-refractivity contribution in [2.45, 2.75) is 6.61 Å². The van der Waals surface area contributed by atoms with Crippen molar-refractivity contribution in [2.24, 2.45) is 0 Å². The molecule has 0 N–H and O–H groups in total. The molecule has 0 aliphatic heterocycles. The highest BCUT2D eigenvalue weighted by atomic mass is 32.1. The first-order valence-corrected chi connectivity index (χ1v) is 8.89. The van der Waals surface area contributed by atoms with E-state index >= 15 is 0 Å². The molecule has 8 heteroatoms. The van der Waals surface area contributed by atoms with E-state index in [4.69, 9.17) is 13.7 Å². The van der Waals surface area contributed by atoms with Crippen molar-refractivity contribution in [1.29, 1.82) is 0 Å². The van der Waals surface area contributed by atoms with Crippen molar-refractivity contribution >= 4 is 17.3 Å². The van der Waals surface area contributed by atoms with Crippen molar-refractivity contribution < 1.29 is 23.2 Å². The highest BCUT2D eigenvalue weighted by molar-refractivity contribution is 7.13. The molecule has 0 fully saturated rings. The molecule has 0 radical (unpaired) electrons. The first kappa shape index (κ1) is 17.0. The number of hydrogen-bond acceptors (Lipinski definition) is 8. The minimum Gasteiger partial charge on any atom is -0.486 e. The quantitative estimate of drug-likeness (QED) is 0.456. The molecule has 4 rings (SSSR count). The molecular formula is C19H14N2O5S. The van der Waals surface area contributed by atoms with Gasteiger partial charge in [0, 0.05) is 0 Å². The molecule has 0 bridgehead atoms. The zero-order valence-electron chi connectivity index (χ0n) is 14.2. The molecule has 0 amide bonds. The van der Waals surface area contributed by atoms with Crippen LogP contribution in [0.3, 0.4) is 0 Å². The molecule has 4 aromatic rings. The van der Waals surface area contributed by atoms with Crippen LogP contribution in [0.25, 0.3) is 22.4 Å². The highest BCUT2D eigenvalue weighted by Gasteiger charge is 2.15. The molecule has 3 heterocycles. The van der Waals surface area contributed by atoms with E-state index in [0.29, 0.717) is 34.5 Å². The summed E-state index contributed by atoms with van der Waals surface area (Å²) in [4.78, 5) is 16.7. The van der Waals surface area contributed by atoms with E-state index in [0.717, 1.165) is 4.88 Å². The Morgan fingerprint density at radius 3 is 2.74 bits per heavy atom. The minimum atomic E-state index is -0.390. The van der Waals surface area contributed by atoms with E-state index in [2.05, 4.69) is 14.9 Å². The third kappa shape index (κ3) is 3.75. The van der Waals surface area contributed by atoms with Gasteiger partial charge in [-0.1, -0.05) is 11.2 Å². The number of nitrogens with zero attached hydrogens (tertiary/aromatic N) is 2. The van der Waals surface area contributed by atoms with E-state index in [1.165, 1.54) is 18.4 Å². The van der Waals surface area contributed by atoms with Gasteiger partial charge in [0.25, 0.3) is 5.89 Å². The fourth-order valence-electron chi connectivity index (χ4n) is 2.36. The Labute approximate surface area is 158 Å². The predicted octanol–water partition coefficient (Wildman–Crippen LogP) is 4.42. The van der Waals surface area contributed by atoms with Gasteiger partial charge in [-0.15, -0.1) is 11.3 Å². The van der Waals surface area contributed by atoms with Gasteiger partial charge in [0.15, 0.2) is 5.76 Å². The SMILES string of the molecule is COC(=O)c1ccc(OCc2ccc(-c3nc(-c4cccs4)no3)o2)cc1. The van der Waals surface area contributed by atoms with Gasteiger partial charge in [0.05, 0.1) is 17.6 Å². The van der Waals surface area contributed by atoms with Crippen LogP contribution in [-0.2, 0) is 11.3 Å². The van der Waals surface area contributed by atoms with Crippen LogP contribution in [-0.4, -0.2) is 23.2 Å². The Morgan fingerprint density at radius 1 is 1.15 bits per heavy atom. The lowest BCUT2D eigenvalue weighted by atomic mass is 10.2. The van der Waals surface area contributed by atoms with Gasteiger partial charge in [0.1, 0.15) is 18.1 Å². The van der Waals surface area contributed by atoms with Crippen LogP contribution in [0.1, 0.15) is 16.1 Å². The Morgan fingerprint density at radius 2 is 2.00 bits per heavy atom. The number of benzene rings is 1. The predicted molar refractivity (Wildman–Crippen MR) is 97.4 cm³/mol. The second-order valence-corrected chi connectivity index (χ2v) is 6.42. The third-order valence-corrected chi connectivity index (χ3v) is 4.56. The Balaban J connectivity index is 1.40. The molecule has 0 saturated heterocycles. The smallest absolute Gasteiger partial charge is 0.337 e. The number of furan rings is 1. The zero-order valence-corrected chi connectivity index (χ0v) is 15.1. The number of carbonyl (C=O) groups is 1. The molecule has 0 spiro atoms. The number of ether oxygens (including phenoxy) is 2. The summed E-state index contributed by atoms with van der Waals surface area (Å²) in [6, 6.07) is 14.1. The van der Waals surface area contributed by atoms with Crippen LogP contribution in [0.5, 0.6) is 5.75 Å². The fourth-order valence-corrected chi connectivity index (χ4v) is 3.01. The third-order valence-electron chi connectivity index (χ3n) is 3.70.